The van der Waals surface area contributed by atoms with Gasteiger partial charge in [0.25, 0.3) is 0 Å². The summed E-state index contributed by atoms with van der Waals surface area (Å²) in [4.78, 5) is 0. The zero-order valence-corrected chi connectivity index (χ0v) is 7.79. The first-order valence-electron chi connectivity index (χ1n) is 4.47. The number of rotatable bonds is 4. The van der Waals surface area contributed by atoms with Gasteiger partial charge in [0, 0.05) is 0 Å². The van der Waals surface area contributed by atoms with Crippen LogP contribution in [0.3, 0.4) is 0 Å². The third-order valence-electron chi connectivity index (χ3n) is 1.71. The maximum atomic E-state index is 5.52. The lowest BCUT2D eigenvalue weighted by Gasteiger charge is -2.07. The first kappa shape index (κ1) is 9.11. The van der Waals surface area contributed by atoms with Gasteiger partial charge in [0.15, 0.2) is 0 Å². The van der Waals surface area contributed by atoms with Crippen molar-refractivity contribution in [3.63, 3.8) is 0 Å². The summed E-state index contributed by atoms with van der Waals surface area (Å²) in [5, 5.41) is 0. The Kier molecular flexibility index (Phi) is 3.65. The highest BCUT2D eigenvalue weighted by Crippen LogP contribution is 2.09. The number of benzene rings is 1. The average molecular weight is 164 g/mol. The molecule has 0 bridgehead atoms. The van der Waals surface area contributed by atoms with E-state index in [1.165, 1.54) is 0 Å². The van der Waals surface area contributed by atoms with Gasteiger partial charge in [-0.2, -0.15) is 0 Å². The van der Waals surface area contributed by atoms with Crippen LogP contribution in [0.15, 0.2) is 30.3 Å². The first-order chi connectivity index (χ1) is 5.79. The lowest BCUT2D eigenvalue weighted by atomic mass is 10.1. The van der Waals surface area contributed by atoms with Gasteiger partial charge in [-0.25, -0.2) is 0 Å². The van der Waals surface area contributed by atoms with Gasteiger partial charge < -0.3 is 4.74 Å². The molecule has 1 aromatic carbocycles. The number of hydrogen-bond acceptors (Lipinski definition) is 1. The van der Waals surface area contributed by atoms with Crippen LogP contribution in [0, 0.1) is 5.92 Å². The minimum Gasteiger partial charge on any atom is -0.494 e. The summed E-state index contributed by atoms with van der Waals surface area (Å²) < 4.78 is 5.52. The molecule has 0 amide bonds. The van der Waals surface area contributed by atoms with E-state index in [9.17, 15) is 0 Å². The van der Waals surface area contributed by atoms with Crippen molar-refractivity contribution in [3.05, 3.63) is 30.3 Å². The van der Waals surface area contributed by atoms with Gasteiger partial charge in [-0.1, -0.05) is 32.0 Å². The van der Waals surface area contributed by atoms with Crippen molar-refractivity contribution in [2.75, 3.05) is 6.61 Å². The average Bonchev–Trinajstić information content (AvgIpc) is 2.05. The zero-order valence-electron chi connectivity index (χ0n) is 7.79. The van der Waals surface area contributed by atoms with E-state index in [1.54, 1.807) is 0 Å². The Morgan fingerprint density at radius 2 is 1.83 bits per heavy atom. The summed E-state index contributed by atoms with van der Waals surface area (Å²) in [6, 6.07) is 9.95. The van der Waals surface area contributed by atoms with Gasteiger partial charge in [-0.05, 0) is 24.5 Å². The molecule has 66 valence electrons. The van der Waals surface area contributed by atoms with Gasteiger partial charge >= 0.3 is 0 Å². The summed E-state index contributed by atoms with van der Waals surface area (Å²) in [5.41, 5.74) is 0. The zero-order chi connectivity index (χ0) is 8.81. The van der Waals surface area contributed by atoms with Crippen LogP contribution in [-0.2, 0) is 0 Å². The molecule has 0 unspecified atom stereocenters. The Bertz CT molecular complexity index is 204. The third-order valence-corrected chi connectivity index (χ3v) is 1.71. The molecule has 0 fully saturated rings. The highest BCUT2D eigenvalue weighted by Gasteiger charge is 1.94. The predicted octanol–water partition coefficient (Wildman–Crippen LogP) is 3.11. The SMILES string of the molecule is CC(C)CCOc1ccccc1. The molecule has 0 saturated heterocycles. The number of ether oxygens (including phenoxy) is 1. The van der Waals surface area contributed by atoms with Crippen molar-refractivity contribution in [1.29, 1.82) is 0 Å². The van der Waals surface area contributed by atoms with E-state index in [-0.39, 0.29) is 0 Å². The van der Waals surface area contributed by atoms with Crippen molar-refractivity contribution in [2.24, 2.45) is 5.92 Å². The molecule has 1 aromatic rings. The van der Waals surface area contributed by atoms with E-state index in [1.807, 2.05) is 30.3 Å². The second-order valence-corrected chi connectivity index (χ2v) is 3.34. The second-order valence-electron chi connectivity index (χ2n) is 3.34. The summed E-state index contributed by atoms with van der Waals surface area (Å²) in [7, 11) is 0. The molecule has 0 atom stereocenters. The Hall–Kier alpha value is -0.980. The Labute approximate surface area is 74.4 Å². The fraction of sp³-hybridized carbons (Fsp3) is 0.455. The van der Waals surface area contributed by atoms with E-state index < -0.39 is 0 Å². The summed E-state index contributed by atoms with van der Waals surface area (Å²) >= 11 is 0. The molecule has 12 heavy (non-hydrogen) atoms. The van der Waals surface area contributed by atoms with E-state index >= 15 is 0 Å². The van der Waals surface area contributed by atoms with Crippen LogP contribution in [0.4, 0.5) is 0 Å². The van der Waals surface area contributed by atoms with Crippen LogP contribution < -0.4 is 4.74 Å². The van der Waals surface area contributed by atoms with E-state index in [2.05, 4.69) is 13.8 Å². The van der Waals surface area contributed by atoms with Gasteiger partial charge in [0.1, 0.15) is 5.75 Å². The summed E-state index contributed by atoms with van der Waals surface area (Å²) in [5.74, 6) is 1.69. The minimum atomic E-state index is 0.716. The maximum absolute atomic E-state index is 5.52. The lowest BCUT2D eigenvalue weighted by molar-refractivity contribution is 0.289. The van der Waals surface area contributed by atoms with Gasteiger partial charge in [0.2, 0.25) is 0 Å². The van der Waals surface area contributed by atoms with E-state index in [0.717, 1.165) is 18.8 Å². The predicted molar refractivity (Wildman–Crippen MR) is 51.4 cm³/mol. The Morgan fingerprint density at radius 3 is 2.42 bits per heavy atom. The first-order valence-corrected chi connectivity index (χ1v) is 4.47. The van der Waals surface area contributed by atoms with Gasteiger partial charge in [0.05, 0.1) is 6.61 Å². The van der Waals surface area contributed by atoms with Crippen molar-refractivity contribution in [1.82, 2.24) is 0 Å². The fourth-order valence-electron chi connectivity index (χ4n) is 0.929. The molecule has 0 spiro atoms. The van der Waals surface area contributed by atoms with Crippen molar-refractivity contribution >= 4 is 0 Å². The van der Waals surface area contributed by atoms with E-state index in [4.69, 9.17) is 4.74 Å². The van der Waals surface area contributed by atoms with Crippen LogP contribution in [-0.4, -0.2) is 6.61 Å². The Morgan fingerprint density at radius 1 is 1.17 bits per heavy atom. The van der Waals surface area contributed by atoms with Crippen molar-refractivity contribution < 1.29 is 4.74 Å². The smallest absolute Gasteiger partial charge is 0.119 e. The van der Waals surface area contributed by atoms with Crippen molar-refractivity contribution in [2.45, 2.75) is 20.3 Å². The third kappa shape index (κ3) is 3.42. The molecule has 0 heterocycles. The lowest BCUT2D eigenvalue weighted by Crippen LogP contribution is -2.00. The summed E-state index contributed by atoms with van der Waals surface area (Å²) in [6.07, 6.45) is 1.12. The van der Waals surface area contributed by atoms with Crippen LogP contribution in [0.1, 0.15) is 20.3 Å². The van der Waals surface area contributed by atoms with Crippen molar-refractivity contribution in [3.8, 4) is 5.75 Å². The number of para-hydroxylation sites is 1. The standard InChI is InChI=1S/C11H16O/c1-10(2)8-9-12-11-6-4-3-5-7-11/h3-7,10H,8-9H2,1-2H3. The molecule has 0 aliphatic rings. The molecule has 0 radical (unpaired) electrons. The second kappa shape index (κ2) is 4.81. The highest BCUT2D eigenvalue weighted by atomic mass is 16.5. The number of hydrogen-bond donors (Lipinski definition) is 0. The van der Waals surface area contributed by atoms with Crippen LogP contribution in [0.2, 0.25) is 0 Å². The monoisotopic (exact) mass is 164 g/mol. The molecular formula is C11H16O. The van der Waals surface area contributed by atoms with E-state index in [0.29, 0.717) is 5.92 Å². The normalized spacial score (nSPS) is 10.2. The van der Waals surface area contributed by atoms with Gasteiger partial charge in [-0.15, -0.1) is 0 Å². The van der Waals surface area contributed by atoms with Crippen LogP contribution in [0.5, 0.6) is 5.75 Å². The quantitative estimate of drug-likeness (QED) is 0.664. The largest absolute Gasteiger partial charge is 0.494 e. The molecule has 0 aliphatic heterocycles. The summed E-state index contributed by atoms with van der Waals surface area (Å²) in [6.45, 7) is 5.23. The molecule has 1 rings (SSSR count). The highest BCUT2D eigenvalue weighted by molar-refractivity contribution is 5.20. The molecule has 0 saturated carbocycles. The Balaban J connectivity index is 2.25. The molecule has 0 N–H and O–H groups in total. The van der Waals surface area contributed by atoms with Gasteiger partial charge in [-0.3, -0.25) is 0 Å². The van der Waals surface area contributed by atoms with Crippen LogP contribution in [0.25, 0.3) is 0 Å². The fourth-order valence-corrected chi connectivity index (χ4v) is 0.929. The molecule has 1 heteroatoms. The topological polar surface area (TPSA) is 9.23 Å². The molecular weight excluding hydrogens is 148 g/mol. The minimum absolute atomic E-state index is 0.716. The molecule has 0 aromatic heterocycles. The van der Waals surface area contributed by atoms with Crippen LogP contribution >= 0.6 is 0 Å². The molecule has 0 aliphatic carbocycles. The molecule has 1 nitrogen and oxygen atoms in total. The maximum Gasteiger partial charge on any atom is 0.119 e.